The zero-order valence-corrected chi connectivity index (χ0v) is 11.0. The average molecular weight is 284 g/mol. The molecule has 0 bridgehead atoms. The summed E-state index contributed by atoms with van der Waals surface area (Å²) in [5, 5.41) is 0. The lowest BCUT2D eigenvalue weighted by atomic mass is 10.3. The van der Waals surface area contributed by atoms with Crippen LogP contribution in [0.4, 0.5) is 5.95 Å². The highest BCUT2D eigenvalue weighted by atomic mass is 32.2. The average Bonchev–Trinajstić information content (AvgIpc) is 2.80. The number of rotatable bonds is 5. The zero-order chi connectivity index (χ0) is 13.0. The molecule has 2 aromatic heterocycles. The lowest BCUT2D eigenvalue weighted by Gasteiger charge is -2.03. The van der Waals surface area contributed by atoms with Crippen molar-refractivity contribution in [3.05, 3.63) is 35.5 Å². The maximum absolute atomic E-state index is 12.0. The number of thiophene rings is 1. The summed E-state index contributed by atoms with van der Waals surface area (Å²) in [5.41, 5.74) is 5.42. The van der Waals surface area contributed by atoms with Crippen molar-refractivity contribution in [2.24, 2.45) is 5.73 Å². The molecule has 3 N–H and O–H groups in total. The molecule has 0 saturated heterocycles. The number of nitrogens with one attached hydrogen (secondary N) is 1. The molecule has 0 amide bonds. The van der Waals surface area contributed by atoms with Gasteiger partial charge in [-0.2, -0.15) is 0 Å². The quantitative estimate of drug-likeness (QED) is 0.848. The van der Waals surface area contributed by atoms with E-state index < -0.39 is 10.0 Å². The van der Waals surface area contributed by atoms with Gasteiger partial charge in [0.2, 0.25) is 5.95 Å². The third kappa shape index (κ3) is 3.03. The Morgan fingerprint density at radius 1 is 1.28 bits per heavy atom. The summed E-state index contributed by atoms with van der Waals surface area (Å²) < 4.78 is 26.6. The van der Waals surface area contributed by atoms with E-state index in [2.05, 4.69) is 14.7 Å². The van der Waals surface area contributed by atoms with E-state index in [1.54, 1.807) is 18.2 Å². The van der Waals surface area contributed by atoms with Crippen LogP contribution in [-0.4, -0.2) is 24.9 Å². The van der Waals surface area contributed by atoms with Crippen molar-refractivity contribution in [3.63, 3.8) is 0 Å². The van der Waals surface area contributed by atoms with Crippen LogP contribution in [0.3, 0.4) is 0 Å². The summed E-state index contributed by atoms with van der Waals surface area (Å²) in [6, 6.07) is 4.93. The van der Waals surface area contributed by atoms with Gasteiger partial charge in [-0.3, -0.25) is 0 Å². The lowest BCUT2D eigenvalue weighted by Crippen LogP contribution is -2.13. The molecule has 0 spiro atoms. The number of sulfonamides is 1. The van der Waals surface area contributed by atoms with Gasteiger partial charge in [0, 0.05) is 17.3 Å². The van der Waals surface area contributed by atoms with Crippen LogP contribution in [0, 0.1) is 0 Å². The second-order valence-electron chi connectivity index (χ2n) is 3.44. The van der Waals surface area contributed by atoms with Crippen LogP contribution in [0.2, 0.25) is 0 Å². The van der Waals surface area contributed by atoms with Crippen molar-refractivity contribution < 1.29 is 8.42 Å². The molecule has 0 aliphatic rings. The molecule has 0 radical (unpaired) electrons. The van der Waals surface area contributed by atoms with Crippen LogP contribution < -0.4 is 10.5 Å². The van der Waals surface area contributed by atoms with Crippen molar-refractivity contribution in [1.29, 1.82) is 0 Å². The number of aromatic nitrogens is 2. The van der Waals surface area contributed by atoms with E-state index >= 15 is 0 Å². The molecule has 0 fully saturated rings. The molecule has 2 heterocycles. The highest BCUT2D eigenvalue weighted by molar-refractivity contribution is 7.94. The van der Waals surface area contributed by atoms with E-state index in [1.807, 2.05) is 0 Å². The molecule has 0 aliphatic heterocycles. The van der Waals surface area contributed by atoms with Crippen LogP contribution in [0.1, 0.15) is 4.88 Å². The zero-order valence-electron chi connectivity index (χ0n) is 9.41. The van der Waals surface area contributed by atoms with Gasteiger partial charge >= 0.3 is 0 Å². The Kier molecular flexibility index (Phi) is 3.90. The fourth-order valence-electron chi connectivity index (χ4n) is 1.30. The Bertz CT molecular complexity index is 610. The van der Waals surface area contributed by atoms with E-state index in [4.69, 9.17) is 5.73 Å². The molecule has 96 valence electrons. The molecule has 0 aromatic carbocycles. The first-order valence-corrected chi connectivity index (χ1v) is 7.50. The molecule has 8 heteroatoms. The standard InChI is InChI=1S/C10H12N4O2S2/c11-5-4-8-2-3-9(17-8)18(15,16)14-10-12-6-1-7-13-10/h1-3,6-7H,4-5,11H2,(H,12,13,14). The summed E-state index contributed by atoms with van der Waals surface area (Å²) in [6.07, 6.45) is 3.61. The van der Waals surface area contributed by atoms with Crippen molar-refractivity contribution in [2.75, 3.05) is 11.3 Å². The van der Waals surface area contributed by atoms with Crippen molar-refractivity contribution in [3.8, 4) is 0 Å². The number of nitrogens with two attached hydrogens (primary N) is 1. The normalized spacial score (nSPS) is 11.4. The van der Waals surface area contributed by atoms with Crippen LogP contribution in [0.15, 0.2) is 34.8 Å². The van der Waals surface area contributed by atoms with Gasteiger partial charge in [-0.1, -0.05) is 0 Å². The number of anilines is 1. The third-order valence-electron chi connectivity index (χ3n) is 2.08. The van der Waals surface area contributed by atoms with Crippen LogP contribution >= 0.6 is 11.3 Å². The van der Waals surface area contributed by atoms with Crippen molar-refractivity contribution in [2.45, 2.75) is 10.6 Å². The summed E-state index contributed by atoms with van der Waals surface area (Å²) in [7, 11) is -3.61. The summed E-state index contributed by atoms with van der Waals surface area (Å²) in [6.45, 7) is 0.495. The minimum Gasteiger partial charge on any atom is -0.330 e. The first-order valence-electron chi connectivity index (χ1n) is 5.20. The Labute approximate surface area is 109 Å². The van der Waals surface area contributed by atoms with Gasteiger partial charge in [0.1, 0.15) is 4.21 Å². The molecular weight excluding hydrogens is 272 g/mol. The molecular formula is C10H12N4O2S2. The van der Waals surface area contributed by atoms with Crippen molar-refractivity contribution in [1.82, 2.24) is 9.97 Å². The fraction of sp³-hybridized carbons (Fsp3) is 0.200. The Morgan fingerprint density at radius 2 is 2.00 bits per heavy atom. The van der Waals surface area contributed by atoms with Gasteiger partial charge in [-0.05, 0) is 31.2 Å². The van der Waals surface area contributed by atoms with E-state index in [9.17, 15) is 8.42 Å². The number of hydrogen-bond acceptors (Lipinski definition) is 6. The van der Waals surface area contributed by atoms with Gasteiger partial charge < -0.3 is 5.73 Å². The number of nitrogens with zero attached hydrogens (tertiary/aromatic N) is 2. The highest BCUT2D eigenvalue weighted by Crippen LogP contribution is 2.23. The Balaban J connectivity index is 2.20. The molecule has 18 heavy (non-hydrogen) atoms. The predicted molar refractivity (Wildman–Crippen MR) is 69.9 cm³/mol. The van der Waals surface area contributed by atoms with Gasteiger partial charge in [0.05, 0.1) is 0 Å². The van der Waals surface area contributed by atoms with E-state index in [0.29, 0.717) is 13.0 Å². The maximum Gasteiger partial charge on any atom is 0.273 e. The van der Waals surface area contributed by atoms with E-state index in [-0.39, 0.29) is 10.2 Å². The largest absolute Gasteiger partial charge is 0.330 e. The Hall–Kier alpha value is -1.51. The fourth-order valence-corrected chi connectivity index (χ4v) is 3.63. The summed E-state index contributed by atoms with van der Waals surface area (Å²) >= 11 is 1.20. The number of hydrogen-bond donors (Lipinski definition) is 2. The minimum atomic E-state index is -3.61. The van der Waals surface area contributed by atoms with E-state index in [1.165, 1.54) is 23.7 Å². The molecule has 6 nitrogen and oxygen atoms in total. The lowest BCUT2D eigenvalue weighted by molar-refractivity contribution is 0.602. The van der Waals surface area contributed by atoms with Crippen LogP contribution in [0.5, 0.6) is 0 Å². The van der Waals surface area contributed by atoms with Gasteiger partial charge in [-0.15, -0.1) is 11.3 Å². The first kappa shape index (κ1) is 12.9. The van der Waals surface area contributed by atoms with Crippen LogP contribution in [-0.2, 0) is 16.4 Å². The smallest absolute Gasteiger partial charge is 0.273 e. The SMILES string of the molecule is NCCc1ccc(S(=O)(=O)Nc2ncccn2)s1. The van der Waals surface area contributed by atoms with Crippen LogP contribution in [0.25, 0.3) is 0 Å². The molecule has 0 aliphatic carbocycles. The van der Waals surface area contributed by atoms with E-state index in [0.717, 1.165) is 4.88 Å². The highest BCUT2D eigenvalue weighted by Gasteiger charge is 2.17. The molecule has 0 atom stereocenters. The molecule has 0 saturated carbocycles. The van der Waals surface area contributed by atoms with Gasteiger partial charge in [-0.25, -0.2) is 23.1 Å². The van der Waals surface area contributed by atoms with Crippen molar-refractivity contribution >= 4 is 27.3 Å². The molecule has 2 rings (SSSR count). The summed E-state index contributed by atoms with van der Waals surface area (Å²) in [5.74, 6) is 0.0614. The monoisotopic (exact) mass is 284 g/mol. The maximum atomic E-state index is 12.0. The summed E-state index contributed by atoms with van der Waals surface area (Å²) in [4.78, 5) is 8.57. The third-order valence-corrected chi connectivity index (χ3v) is 5.05. The molecule has 0 unspecified atom stereocenters. The topological polar surface area (TPSA) is 98.0 Å². The second-order valence-corrected chi connectivity index (χ2v) is 6.51. The predicted octanol–water partition coefficient (Wildman–Crippen LogP) is 0.840. The Morgan fingerprint density at radius 3 is 2.67 bits per heavy atom. The second kappa shape index (κ2) is 5.42. The van der Waals surface area contributed by atoms with Gasteiger partial charge in [0.25, 0.3) is 10.0 Å². The van der Waals surface area contributed by atoms with Gasteiger partial charge in [0.15, 0.2) is 0 Å². The minimum absolute atomic E-state index is 0.0614. The molecule has 2 aromatic rings. The first-order chi connectivity index (χ1) is 8.62.